The van der Waals surface area contributed by atoms with E-state index in [1.165, 1.54) is 17.7 Å². The maximum absolute atomic E-state index is 11.6. The maximum atomic E-state index is 11.6. The fourth-order valence-corrected chi connectivity index (χ4v) is 4.94. The Kier molecular flexibility index (Phi) is 6.62. The highest BCUT2D eigenvalue weighted by atomic mass is 32.2. The highest BCUT2D eigenvalue weighted by molar-refractivity contribution is 8.00. The van der Waals surface area contributed by atoms with Gasteiger partial charge in [0.15, 0.2) is 0 Å². The minimum absolute atomic E-state index is 0.00841. The van der Waals surface area contributed by atoms with E-state index >= 15 is 0 Å². The molecule has 0 aliphatic carbocycles. The Morgan fingerprint density at radius 1 is 0.800 bits per heavy atom. The molecule has 5 nitrogen and oxygen atoms in total. The lowest BCUT2D eigenvalue weighted by molar-refractivity contribution is 0.531. The van der Waals surface area contributed by atoms with E-state index in [1.807, 2.05) is 36.0 Å². The van der Waals surface area contributed by atoms with Gasteiger partial charge in [-0.05, 0) is 85.2 Å². The lowest BCUT2D eigenvalue weighted by atomic mass is 10.2. The number of hydrogen-bond acceptors (Lipinski definition) is 5. The molecule has 0 radical (unpaired) electrons. The van der Waals surface area contributed by atoms with Gasteiger partial charge in [-0.2, -0.15) is 0 Å². The molecule has 1 aliphatic heterocycles. The van der Waals surface area contributed by atoms with Crippen LogP contribution in [0, 0.1) is 0 Å². The van der Waals surface area contributed by atoms with E-state index in [9.17, 15) is 9.59 Å². The summed E-state index contributed by atoms with van der Waals surface area (Å²) in [4.78, 5) is 30.3. The van der Waals surface area contributed by atoms with Crippen molar-refractivity contribution in [1.82, 2.24) is 15.3 Å². The van der Waals surface area contributed by atoms with Gasteiger partial charge in [0.2, 0.25) is 0 Å². The largest absolute Gasteiger partial charge is 0.329 e. The molecule has 0 spiro atoms. The zero-order valence-electron chi connectivity index (χ0n) is 16.4. The number of thioether (sulfide) groups is 1. The van der Waals surface area contributed by atoms with E-state index in [0.717, 1.165) is 34.1 Å². The molecule has 2 aromatic carbocycles. The van der Waals surface area contributed by atoms with Crippen LogP contribution in [0.2, 0.25) is 0 Å². The predicted molar refractivity (Wildman–Crippen MR) is 128 cm³/mol. The van der Waals surface area contributed by atoms with Crippen LogP contribution in [0.25, 0.3) is 21.5 Å². The van der Waals surface area contributed by atoms with Crippen LogP contribution in [0.1, 0.15) is 12.8 Å². The molecule has 0 unspecified atom stereocenters. The second-order valence-corrected chi connectivity index (χ2v) is 9.09. The van der Waals surface area contributed by atoms with Gasteiger partial charge in [0.1, 0.15) is 0 Å². The van der Waals surface area contributed by atoms with Crippen LogP contribution in [0.3, 0.4) is 0 Å². The van der Waals surface area contributed by atoms with Gasteiger partial charge in [0, 0.05) is 38.2 Å². The number of rotatable bonds is 2. The number of benzene rings is 2. The monoisotopic (exact) mass is 437 g/mol. The number of H-pyrrole nitrogens is 2. The van der Waals surface area contributed by atoms with E-state index in [0.29, 0.717) is 10.6 Å². The average molecular weight is 438 g/mol. The zero-order chi connectivity index (χ0) is 20.9. The summed E-state index contributed by atoms with van der Waals surface area (Å²) < 4.78 is 0. The lowest BCUT2D eigenvalue weighted by Gasteiger charge is -2.22. The molecule has 154 valence electrons. The van der Waals surface area contributed by atoms with Gasteiger partial charge in [0.05, 0.1) is 0 Å². The fourth-order valence-electron chi connectivity index (χ4n) is 3.53. The molecule has 0 atom stereocenters. The Balaban J connectivity index is 0.000000158. The van der Waals surface area contributed by atoms with E-state index in [4.69, 9.17) is 0 Å². The van der Waals surface area contributed by atoms with Crippen molar-refractivity contribution in [3.05, 3.63) is 81.6 Å². The summed E-state index contributed by atoms with van der Waals surface area (Å²) in [6.45, 7) is 2.23. The molecule has 0 bridgehead atoms. The topological polar surface area (TPSA) is 77.8 Å². The molecule has 1 fully saturated rings. The Bertz CT molecular complexity index is 1280. The first-order chi connectivity index (χ1) is 14.6. The SMILES string of the molecule is O=c1[nH]ccc2cc(S)ccc12.O=c1[nH]ccc2cc(SC3CCNCC3)ccc12. The molecule has 30 heavy (non-hydrogen) atoms. The smallest absolute Gasteiger partial charge is 0.255 e. The third kappa shape index (κ3) is 4.98. The first-order valence-electron chi connectivity index (χ1n) is 9.89. The van der Waals surface area contributed by atoms with Crippen molar-refractivity contribution in [2.45, 2.75) is 27.9 Å². The first-order valence-corrected chi connectivity index (χ1v) is 11.2. The standard InChI is InChI=1S/C14H16N2OS.C9H7NOS/c17-14-13-2-1-12(9-10(13)3-8-16-14)18-11-4-6-15-7-5-11;11-9-8-2-1-7(12)5-6(8)3-4-10-9/h1-3,8-9,11,15H,4-7H2,(H,16,17);1-5,12H,(H,10,11). The highest BCUT2D eigenvalue weighted by Crippen LogP contribution is 2.30. The van der Waals surface area contributed by atoms with Crippen LogP contribution in [0.5, 0.6) is 0 Å². The molecule has 1 saturated heterocycles. The van der Waals surface area contributed by atoms with Crippen molar-refractivity contribution in [2.24, 2.45) is 0 Å². The van der Waals surface area contributed by atoms with Gasteiger partial charge in [-0.25, -0.2) is 0 Å². The zero-order valence-corrected chi connectivity index (χ0v) is 18.1. The van der Waals surface area contributed by atoms with Crippen LogP contribution in [-0.2, 0) is 0 Å². The van der Waals surface area contributed by atoms with Crippen LogP contribution < -0.4 is 16.4 Å². The second-order valence-electron chi connectivity index (χ2n) is 7.20. The molecule has 4 aromatic rings. The van der Waals surface area contributed by atoms with Crippen molar-refractivity contribution in [3.63, 3.8) is 0 Å². The van der Waals surface area contributed by atoms with Gasteiger partial charge in [-0.3, -0.25) is 9.59 Å². The maximum Gasteiger partial charge on any atom is 0.255 e. The first kappa shape index (κ1) is 20.8. The number of nitrogens with one attached hydrogen (secondary N) is 3. The number of aromatic amines is 2. The van der Waals surface area contributed by atoms with E-state index in [-0.39, 0.29) is 11.1 Å². The number of pyridine rings is 2. The third-order valence-electron chi connectivity index (χ3n) is 5.09. The number of thiol groups is 1. The highest BCUT2D eigenvalue weighted by Gasteiger charge is 2.14. The van der Waals surface area contributed by atoms with Gasteiger partial charge in [-0.15, -0.1) is 24.4 Å². The molecule has 2 aromatic heterocycles. The fraction of sp³-hybridized carbons (Fsp3) is 0.217. The predicted octanol–water partition coefficient (Wildman–Crippen LogP) is 4.19. The lowest BCUT2D eigenvalue weighted by Crippen LogP contribution is -2.29. The molecule has 0 saturated carbocycles. The number of piperidine rings is 1. The van der Waals surface area contributed by atoms with E-state index in [2.05, 4.69) is 40.0 Å². The number of fused-ring (bicyclic) bond motifs is 2. The molecule has 3 heterocycles. The van der Waals surface area contributed by atoms with Crippen LogP contribution >= 0.6 is 24.4 Å². The quantitative estimate of drug-likeness (QED) is 0.355. The second kappa shape index (κ2) is 9.55. The minimum atomic E-state index is -0.0548. The molecule has 0 amide bonds. The van der Waals surface area contributed by atoms with Gasteiger partial charge in [-0.1, -0.05) is 0 Å². The Hall–Kier alpha value is -2.48. The van der Waals surface area contributed by atoms with Crippen molar-refractivity contribution < 1.29 is 0 Å². The third-order valence-corrected chi connectivity index (χ3v) is 6.70. The number of aromatic nitrogens is 2. The summed E-state index contributed by atoms with van der Waals surface area (Å²) in [5.41, 5.74) is -0.0632. The summed E-state index contributed by atoms with van der Waals surface area (Å²) in [5, 5.41) is 7.50. The molecule has 3 N–H and O–H groups in total. The van der Waals surface area contributed by atoms with E-state index in [1.54, 1.807) is 24.5 Å². The average Bonchev–Trinajstić information content (AvgIpc) is 2.75. The summed E-state index contributed by atoms with van der Waals surface area (Å²) in [5.74, 6) is 0. The normalized spacial score (nSPS) is 14.4. The molecule has 1 aliphatic rings. The Morgan fingerprint density at radius 2 is 1.40 bits per heavy atom. The van der Waals surface area contributed by atoms with Gasteiger partial charge in [0.25, 0.3) is 11.1 Å². The van der Waals surface area contributed by atoms with Crippen LogP contribution in [0.15, 0.2) is 80.3 Å². The summed E-state index contributed by atoms with van der Waals surface area (Å²) in [7, 11) is 0. The summed E-state index contributed by atoms with van der Waals surface area (Å²) in [6, 6.07) is 15.4. The Morgan fingerprint density at radius 3 is 2.07 bits per heavy atom. The molecule has 7 heteroatoms. The van der Waals surface area contributed by atoms with Gasteiger partial charge >= 0.3 is 0 Å². The van der Waals surface area contributed by atoms with Crippen molar-refractivity contribution >= 4 is 45.9 Å². The van der Waals surface area contributed by atoms with Crippen LogP contribution in [-0.4, -0.2) is 28.3 Å². The molecular weight excluding hydrogens is 414 g/mol. The summed E-state index contributed by atoms with van der Waals surface area (Å²) >= 11 is 6.12. The van der Waals surface area contributed by atoms with Crippen molar-refractivity contribution in [1.29, 1.82) is 0 Å². The number of hydrogen-bond donors (Lipinski definition) is 4. The van der Waals surface area contributed by atoms with Crippen molar-refractivity contribution in [3.8, 4) is 0 Å². The Labute approximate surface area is 183 Å². The molecular formula is C23H23N3O2S2. The van der Waals surface area contributed by atoms with Crippen molar-refractivity contribution in [2.75, 3.05) is 13.1 Å². The molecule has 5 rings (SSSR count). The van der Waals surface area contributed by atoms with Crippen LogP contribution in [0.4, 0.5) is 0 Å². The van der Waals surface area contributed by atoms with Gasteiger partial charge < -0.3 is 15.3 Å². The van der Waals surface area contributed by atoms with E-state index < -0.39 is 0 Å². The minimum Gasteiger partial charge on any atom is -0.329 e. The summed E-state index contributed by atoms with van der Waals surface area (Å²) in [6.07, 6.45) is 5.79.